The Hall–Kier alpha value is -2.81. The zero-order valence-corrected chi connectivity index (χ0v) is 25.5. The number of carbonyl (C=O) groups is 1. The Kier molecular flexibility index (Phi) is 12.1. The molecular formula is C33H49N3O5. The van der Waals surface area contributed by atoms with Crippen molar-refractivity contribution >= 4 is 5.91 Å². The zero-order chi connectivity index (χ0) is 29.0. The number of fused-ring (bicyclic) bond motifs is 1. The molecule has 8 heteroatoms. The van der Waals surface area contributed by atoms with Crippen molar-refractivity contribution in [3.63, 3.8) is 0 Å². The molecule has 41 heavy (non-hydrogen) atoms. The first kappa shape index (κ1) is 31.1. The third kappa shape index (κ3) is 9.09. The molecule has 226 valence electrons. The topological polar surface area (TPSA) is 63.7 Å². The predicted molar refractivity (Wildman–Crippen MR) is 162 cm³/mol. The molecule has 2 heterocycles. The number of methoxy groups -OCH3 is 1. The number of unbranched alkanes of at least 4 members (excludes halogenated alkanes) is 2. The summed E-state index contributed by atoms with van der Waals surface area (Å²) in [5.41, 5.74) is 2.29. The average Bonchev–Trinajstić information content (AvgIpc) is 3.60. The van der Waals surface area contributed by atoms with Gasteiger partial charge in [-0.3, -0.25) is 9.69 Å². The molecule has 1 amide bonds. The highest BCUT2D eigenvalue weighted by molar-refractivity contribution is 5.78. The standard InChI is InChI=1S/C33H49N3O5/c1-5-6-17-35(18-10-9-16-34(2)3)33(37)23-36-22-28(26-13-14-31-32(21-26)41-25-40-31)20-29(36)15-19-39-30-12-8-7-11-27(30)24-38-4/h7-8,11-14,21,28-29H,5-6,9-10,15-20,22-25H2,1-4H3/t28-,29+/m1/s1. The summed E-state index contributed by atoms with van der Waals surface area (Å²) in [5, 5.41) is 0. The number of hydrogen-bond acceptors (Lipinski definition) is 7. The molecule has 2 aromatic rings. The van der Waals surface area contributed by atoms with Crippen LogP contribution in [0, 0.1) is 0 Å². The Labute approximate surface area is 246 Å². The van der Waals surface area contributed by atoms with E-state index in [0.29, 0.717) is 25.7 Å². The molecule has 1 saturated heterocycles. The van der Waals surface area contributed by atoms with Crippen molar-refractivity contribution in [1.29, 1.82) is 0 Å². The molecule has 0 bridgehead atoms. The lowest BCUT2D eigenvalue weighted by molar-refractivity contribution is -0.132. The number of likely N-dealkylation sites (tertiary alicyclic amines) is 1. The van der Waals surface area contributed by atoms with Crippen LogP contribution >= 0.6 is 0 Å². The number of carbonyl (C=O) groups excluding carboxylic acids is 1. The average molecular weight is 568 g/mol. The van der Waals surface area contributed by atoms with Crippen LogP contribution in [0.1, 0.15) is 62.5 Å². The van der Waals surface area contributed by atoms with Crippen molar-refractivity contribution < 1.29 is 23.7 Å². The first-order valence-corrected chi connectivity index (χ1v) is 15.2. The number of rotatable bonds is 17. The minimum Gasteiger partial charge on any atom is -0.493 e. The van der Waals surface area contributed by atoms with Gasteiger partial charge in [-0.25, -0.2) is 0 Å². The summed E-state index contributed by atoms with van der Waals surface area (Å²) in [6.45, 7) is 7.58. The maximum atomic E-state index is 13.7. The molecule has 0 aromatic heterocycles. The zero-order valence-electron chi connectivity index (χ0n) is 25.5. The highest BCUT2D eigenvalue weighted by atomic mass is 16.7. The molecule has 0 aliphatic carbocycles. The fraction of sp³-hybridized carbons (Fsp3) is 0.606. The van der Waals surface area contributed by atoms with Gasteiger partial charge in [-0.2, -0.15) is 0 Å². The Balaban J connectivity index is 1.42. The molecule has 1 fully saturated rings. The van der Waals surface area contributed by atoms with Crippen LogP contribution < -0.4 is 14.2 Å². The number of ether oxygens (including phenoxy) is 4. The third-order valence-corrected chi connectivity index (χ3v) is 8.13. The van der Waals surface area contributed by atoms with Gasteiger partial charge < -0.3 is 28.7 Å². The van der Waals surface area contributed by atoms with E-state index in [-0.39, 0.29) is 18.7 Å². The van der Waals surface area contributed by atoms with E-state index < -0.39 is 0 Å². The lowest BCUT2D eigenvalue weighted by Gasteiger charge is -2.29. The number of nitrogens with zero attached hydrogens (tertiary/aromatic N) is 3. The Morgan fingerprint density at radius 3 is 2.61 bits per heavy atom. The summed E-state index contributed by atoms with van der Waals surface area (Å²) in [4.78, 5) is 20.4. The first-order valence-electron chi connectivity index (χ1n) is 15.2. The second kappa shape index (κ2) is 16.0. The minimum atomic E-state index is 0.242. The minimum absolute atomic E-state index is 0.242. The van der Waals surface area contributed by atoms with Gasteiger partial charge in [0.15, 0.2) is 11.5 Å². The Morgan fingerprint density at radius 2 is 1.80 bits per heavy atom. The van der Waals surface area contributed by atoms with Crippen molar-refractivity contribution in [3.8, 4) is 17.2 Å². The van der Waals surface area contributed by atoms with Gasteiger partial charge in [0.05, 0.1) is 19.8 Å². The summed E-state index contributed by atoms with van der Waals surface area (Å²) >= 11 is 0. The molecule has 8 nitrogen and oxygen atoms in total. The van der Waals surface area contributed by atoms with E-state index in [1.807, 2.05) is 30.3 Å². The van der Waals surface area contributed by atoms with Crippen molar-refractivity contribution in [3.05, 3.63) is 53.6 Å². The Morgan fingerprint density at radius 1 is 1.02 bits per heavy atom. The number of para-hydroxylation sites is 1. The van der Waals surface area contributed by atoms with E-state index in [1.54, 1.807) is 7.11 Å². The van der Waals surface area contributed by atoms with Crippen LogP contribution in [-0.4, -0.2) is 94.0 Å². The van der Waals surface area contributed by atoms with E-state index in [2.05, 4.69) is 47.9 Å². The predicted octanol–water partition coefficient (Wildman–Crippen LogP) is 5.16. The molecule has 2 aliphatic rings. The second-order valence-electron chi connectivity index (χ2n) is 11.6. The third-order valence-electron chi connectivity index (χ3n) is 8.13. The van der Waals surface area contributed by atoms with Crippen LogP contribution in [0.5, 0.6) is 17.2 Å². The van der Waals surface area contributed by atoms with Gasteiger partial charge in [-0.15, -0.1) is 0 Å². The van der Waals surface area contributed by atoms with Crippen molar-refractivity contribution in [2.24, 2.45) is 0 Å². The quantitative estimate of drug-likeness (QED) is 0.245. The maximum absolute atomic E-state index is 13.7. The maximum Gasteiger partial charge on any atom is 0.236 e. The molecule has 0 N–H and O–H groups in total. The molecular weight excluding hydrogens is 518 g/mol. The van der Waals surface area contributed by atoms with Gasteiger partial charge in [0.25, 0.3) is 0 Å². The van der Waals surface area contributed by atoms with Crippen LogP contribution in [-0.2, 0) is 16.1 Å². The summed E-state index contributed by atoms with van der Waals surface area (Å²) < 4.78 is 22.8. The number of amides is 1. The lowest BCUT2D eigenvalue weighted by atomic mass is 9.95. The van der Waals surface area contributed by atoms with Gasteiger partial charge in [0, 0.05) is 38.3 Å². The molecule has 0 radical (unpaired) electrons. The van der Waals surface area contributed by atoms with E-state index in [9.17, 15) is 4.79 Å². The SMILES string of the molecule is CCCCN(CCCCN(C)C)C(=O)CN1C[C@H](c2ccc3c(c2)OCO3)C[C@@H]1CCOc1ccccc1COC. The van der Waals surface area contributed by atoms with Crippen LogP contribution in [0.25, 0.3) is 0 Å². The van der Waals surface area contributed by atoms with E-state index in [1.165, 1.54) is 5.56 Å². The van der Waals surface area contributed by atoms with Crippen molar-refractivity contribution in [1.82, 2.24) is 14.7 Å². The smallest absolute Gasteiger partial charge is 0.236 e. The fourth-order valence-corrected chi connectivity index (χ4v) is 5.83. The highest BCUT2D eigenvalue weighted by Gasteiger charge is 2.35. The molecule has 0 unspecified atom stereocenters. The lowest BCUT2D eigenvalue weighted by Crippen LogP contribution is -2.43. The van der Waals surface area contributed by atoms with Gasteiger partial charge in [-0.1, -0.05) is 37.6 Å². The van der Waals surface area contributed by atoms with Gasteiger partial charge in [0.1, 0.15) is 5.75 Å². The molecule has 0 spiro atoms. The van der Waals surface area contributed by atoms with Gasteiger partial charge >= 0.3 is 0 Å². The largest absolute Gasteiger partial charge is 0.493 e. The molecule has 2 atom stereocenters. The summed E-state index contributed by atoms with van der Waals surface area (Å²) in [6.07, 6.45) is 6.09. The van der Waals surface area contributed by atoms with Crippen LogP contribution in [0.15, 0.2) is 42.5 Å². The molecule has 2 aromatic carbocycles. The monoisotopic (exact) mass is 567 g/mol. The first-order chi connectivity index (χ1) is 20.0. The number of benzene rings is 2. The van der Waals surface area contributed by atoms with Crippen molar-refractivity contribution in [2.45, 2.75) is 64.0 Å². The number of hydrogen-bond donors (Lipinski definition) is 0. The molecule has 4 rings (SSSR count). The van der Waals surface area contributed by atoms with Crippen LogP contribution in [0.3, 0.4) is 0 Å². The van der Waals surface area contributed by atoms with Crippen LogP contribution in [0.2, 0.25) is 0 Å². The van der Waals surface area contributed by atoms with Crippen molar-refractivity contribution in [2.75, 3.05) is 67.3 Å². The van der Waals surface area contributed by atoms with Gasteiger partial charge in [0.2, 0.25) is 12.7 Å². The second-order valence-corrected chi connectivity index (χ2v) is 11.6. The van der Waals surface area contributed by atoms with E-state index >= 15 is 0 Å². The summed E-state index contributed by atoms with van der Waals surface area (Å²) in [6, 6.07) is 14.6. The van der Waals surface area contributed by atoms with Crippen LogP contribution in [0.4, 0.5) is 0 Å². The van der Waals surface area contributed by atoms with E-state index in [4.69, 9.17) is 18.9 Å². The summed E-state index contributed by atoms with van der Waals surface area (Å²) in [7, 11) is 5.90. The summed E-state index contributed by atoms with van der Waals surface area (Å²) in [5.74, 6) is 3.05. The normalized spacial score (nSPS) is 18.3. The van der Waals surface area contributed by atoms with E-state index in [0.717, 1.165) is 87.5 Å². The highest BCUT2D eigenvalue weighted by Crippen LogP contribution is 2.39. The van der Waals surface area contributed by atoms with Gasteiger partial charge in [-0.05, 0) is 82.4 Å². The fourth-order valence-electron chi connectivity index (χ4n) is 5.83. The molecule has 2 aliphatic heterocycles. The Bertz CT molecular complexity index is 1090. The molecule has 0 saturated carbocycles.